The van der Waals surface area contributed by atoms with Gasteiger partial charge in [-0.05, 0) is 42.8 Å². The van der Waals surface area contributed by atoms with Gasteiger partial charge in [0, 0.05) is 16.0 Å². The van der Waals surface area contributed by atoms with Gasteiger partial charge in [0.25, 0.3) is 5.56 Å². The summed E-state index contributed by atoms with van der Waals surface area (Å²) in [5, 5.41) is 14.7. The SMILES string of the molecule is CC(Sc1nc2scc(-c3ccc(F)cc3)c2c(=O)[nH]1)C(=O)Nc1cc(Cl)ccc1O. The van der Waals surface area contributed by atoms with Crippen LogP contribution >= 0.6 is 34.7 Å². The van der Waals surface area contributed by atoms with Crippen LogP contribution in [0.2, 0.25) is 5.02 Å². The number of carbonyl (C=O) groups excluding carboxylic acids is 1. The maximum absolute atomic E-state index is 13.2. The van der Waals surface area contributed by atoms with Gasteiger partial charge in [0.05, 0.1) is 16.3 Å². The number of hydrogen-bond acceptors (Lipinski definition) is 6. The molecule has 4 aromatic rings. The Kier molecular flexibility index (Phi) is 5.99. The van der Waals surface area contributed by atoms with Crippen molar-refractivity contribution in [1.82, 2.24) is 9.97 Å². The summed E-state index contributed by atoms with van der Waals surface area (Å²) in [6.45, 7) is 1.66. The number of amides is 1. The molecule has 0 radical (unpaired) electrons. The highest BCUT2D eigenvalue weighted by molar-refractivity contribution is 8.00. The Labute approximate surface area is 189 Å². The van der Waals surface area contributed by atoms with Crippen molar-refractivity contribution in [3.8, 4) is 16.9 Å². The number of aromatic nitrogens is 2. The average molecular weight is 476 g/mol. The first kappa shape index (κ1) is 21.4. The van der Waals surface area contributed by atoms with Crippen molar-refractivity contribution in [2.45, 2.75) is 17.3 Å². The number of halogens is 2. The topological polar surface area (TPSA) is 95.1 Å². The zero-order valence-electron chi connectivity index (χ0n) is 16.0. The molecule has 0 fully saturated rings. The van der Waals surface area contributed by atoms with Crippen molar-refractivity contribution in [2.75, 3.05) is 5.32 Å². The summed E-state index contributed by atoms with van der Waals surface area (Å²) in [6.07, 6.45) is 0. The molecule has 0 saturated heterocycles. The number of thiophene rings is 1. The van der Waals surface area contributed by atoms with Gasteiger partial charge in [0.1, 0.15) is 16.4 Å². The first-order chi connectivity index (χ1) is 14.8. The van der Waals surface area contributed by atoms with Crippen LogP contribution in [-0.2, 0) is 4.79 Å². The molecule has 1 atom stereocenters. The summed E-state index contributed by atoms with van der Waals surface area (Å²) in [7, 11) is 0. The summed E-state index contributed by atoms with van der Waals surface area (Å²) in [5.74, 6) is -0.842. The largest absolute Gasteiger partial charge is 0.506 e. The van der Waals surface area contributed by atoms with Gasteiger partial charge in [-0.1, -0.05) is 35.5 Å². The Balaban J connectivity index is 1.56. The molecule has 2 aromatic carbocycles. The van der Waals surface area contributed by atoms with Crippen molar-refractivity contribution < 1.29 is 14.3 Å². The molecule has 1 amide bonds. The molecule has 0 bridgehead atoms. The Hall–Kier alpha value is -2.88. The second-order valence-corrected chi connectivity index (χ2v) is 9.24. The Morgan fingerprint density at radius 1 is 1.29 bits per heavy atom. The van der Waals surface area contributed by atoms with Gasteiger partial charge in [-0.3, -0.25) is 9.59 Å². The fourth-order valence-corrected chi connectivity index (χ4v) is 4.86. The normalized spacial score (nSPS) is 12.1. The van der Waals surface area contributed by atoms with E-state index in [4.69, 9.17) is 11.6 Å². The number of fused-ring (bicyclic) bond motifs is 1. The van der Waals surface area contributed by atoms with Gasteiger partial charge in [-0.2, -0.15) is 0 Å². The number of phenolic OH excluding ortho intramolecular Hbond substituents is 1. The smallest absolute Gasteiger partial charge is 0.260 e. The van der Waals surface area contributed by atoms with E-state index in [-0.39, 0.29) is 28.7 Å². The van der Waals surface area contributed by atoms with Gasteiger partial charge >= 0.3 is 0 Å². The van der Waals surface area contributed by atoms with Crippen LogP contribution in [0.3, 0.4) is 0 Å². The first-order valence-corrected chi connectivity index (χ1v) is 11.2. The highest BCUT2D eigenvalue weighted by atomic mass is 35.5. The van der Waals surface area contributed by atoms with Gasteiger partial charge in [-0.25, -0.2) is 9.37 Å². The van der Waals surface area contributed by atoms with Crippen LogP contribution < -0.4 is 10.9 Å². The molecule has 31 heavy (non-hydrogen) atoms. The zero-order chi connectivity index (χ0) is 22.1. The highest BCUT2D eigenvalue weighted by Crippen LogP contribution is 2.32. The molecule has 158 valence electrons. The molecule has 6 nitrogen and oxygen atoms in total. The van der Waals surface area contributed by atoms with E-state index < -0.39 is 5.25 Å². The third-order valence-electron chi connectivity index (χ3n) is 4.45. The van der Waals surface area contributed by atoms with Crippen molar-refractivity contribution in [2.24, 2.45) is 0 Å². The molecule has 2 aromatic heterocycles. The van der Waals surface area contributed by atoms with Crippen molar-refractivity contribution >= 4 is 56.5 Å². The monoisotopic (exact) mass is 475 g/mol. The van der Waals surface area contributed by atoms with E-state index in [0.717, 1.165) is 17.3 Å². The number of anilines is 1. The molecule has 10 heteroatoms. The Bertz CT molecular complexity index is 1340. The van der Waals surface area contributed by atoms with Crippen molar-refractivity contribution in [3.05, 3.63) is 69.0 Å². The van der Waals surface area contributed by atoms with Crippen molar-refractivity contribution in [3.63, 3.8) is 0 Å². The van der Waals surface area contributed by atoms with Crippen LogP contribution in [0.1, 0.15) is 6.92 Å². The summed E-state index contributed by atoms with van der Waals surface area (Å²) in [4.78, 5) is 32.9. The maximum atomic E-state index is 13.2. The van der Waals surface area contributed by atoms with Gasteiger partial charge in [0.15, 0.2) is 5.16 Å². The number of carbonyl (C=O) groups is 1. The number of nitrogens with one attached hydrogen (secondary N) is 2. The predicted molar refractivity (Wildman–Crippen MR) is 123 cm³/mol. The van der Waals surface area contributed by atoms with E-state index in [1.165, 1.54) is 41.7 Å². The molecule has 4 rings (SSSR count). The summed E-state index contributed by atoms with van der Waals surface area (Å²) < 4.78 is 13.2. The lowest BCUT2D eigenvalue weighted by Gasteiger charge is -2.12. The number of aromatic amines is 1. The molecule has 1 unspecified atom stereocenters. The zero-order valence-corrected chi connectivity index (χ0v) is 18.4. The summed E-state index contributed by atoms with van der Waals surface area (Å²) in [5.41, 5.74) is 1.25. The molecule has 0 aliphatic rings. The predicted octanol–water partition coefficient (Wildman–Crippen LogP) is 5.27. The van der Waals surface area contributed by atoms with E-state index in [1.807, 2.05) is 0 Å². The molecule has 0 aliphatic carbocycles. The number of rotatable bonds is 5. The molecule has 0 aliphatic heterocycles. The third-order valence-corrected chi connectivity index (χ3v) is 6.54. The molecular formula is C21H15ClFN3O3S2. The Morgan fingerprint density at radius 2 is 2.03 bits per heavy atom. The number of phenols is 1. The van der Waals surface area contributed by atoms with E-state index >= 15 is 0 Å². The summed E-state index contributed by atoms with van der Waals surface area (Å²) >= 11 is 8.28. The van der Waals surface area contributed by atoms with Crippen LogP contribution in [0.15, 0.2) is 57.8 Å². The molecule has 2 heterocycles. The highest BCUT2D eigenvalue weighted by Gasteiger charge is 2.19. The van der Waals surface area contributed by atoms with E-state index in [9.17, 15) is 19.1 Å². The number of thioether (sulfide) groups is 1. The van der Waals surface area contributed by atoms with Crippen LogP contribution in [0.25, 0.3) is 21.3 Å². The van der Waals surface area contributed by atoms with E-state index in [0.29, 0.717) is 26.0 Å². The fraction of sp³-hybridized carbons (Fsp3) is 0.0952. The maximum Gasteiger partial charge on any atom is 0.260 e. The van der Waals surface area contributed by atoms with Crippen LogP contribution in [0.4, 0.5) is 10.1 Å². The fourth-order valence-electron chi connectivity index (χ4n) is 2.89. The average Bonchev–Trinajstić information content (AvgIpc) is 3.15. The summed E-state index contributed by atoms with van der Waals surface area (Å²) in [6, 6.07) is 10.2. The minimum Gasteiger partial charge on any atom is -0.506 e. The minimum atomic E-state index is -0.615. The van der Waals surface area contributed by atoms with Crippen molar-refractivity contribution in [1.29, 1.82) is 0 Å². The second kappa shape index (κ2) is 8.70. The minimum absolute atomic E-state index is 0.102. The molecule has 0 saturated carbocycles. The quantitative estimate of drug-likeness (QED) is 0.208. The van der Waals surface area contributed by atoms with Crippen LogP contribution in [-0.4, -0.2) is 26.2 Å². The Morgan fingerprint density at radius 3 is 2.77 bits per heavy atom. The van der Waals surface area contributed by atoms with Crippen LogP contribution in [0, 0.1) is 5.82 Å². The molecule has 0 spiro atoms. The number of aromatic hydroxyl groups is 1. The second-order valence-electron chi connectivity index (χ2n) is 6.62. The van der Waals surface area contributed by atoms with Gasteiger partial charge in [0.2, 0.25) is 5.91 Å². The number of H-pyrrole nitrogens is 1. The lowest BCUT2D eigenvalue weighted by atomic mass is 10.1. The standard InChI is InChI=1S/C21H15ClFN3O3S2/c1-10(18(28)24-15-8-12(22)4-7-16(15)27)31-21-25-19(29)17-14(9-30-20(17)26-21)11-2-5-13(23)6-3-11/h2-10,27H,1H3,(H,24,28)(H,25,26,29). The number of nitrogens with zero attached hydrogens (tertiary/aromatic N) is 1. The molecule has 3 N–H and O–H groups in total. The molecular weight excluding hydrogens is 461 g/mol. The van der Waals surface area contributed by atoms with E-state index in [1.54, 1.807) is 24.4 Å². The van der Waals surface area contributed by atoms with E-state index in [2.05, 4.69) is 15.3 Å². The third kappa shape index (κ3) is 4.58. The number of benzene rings is 2. The lowest BCUT2D eigenvalue weighted by molar-refractivity contribution is -0.115. The van der Waals surface area contributed by atoms with Gasteiger partial charge in [-0.15, -0.1) is 11.3 Å². The van der Waals surface area contributed by atoms with Gasteiger partial charge < -0.3 is 15.4 Å². The lowest BCUT2D eigenvalue weighted by Crippen LogP contribution is -2.23. The van der Waals surface area contributed by atoms with Crippen LogP contribution in [0.5, 0.6) is 5.75 Å². The number of hydrogen-bond donors (Lipinski definition) is 3. The first-order valence-electron chi connectivity index (χ1n) is 9.05.